The Labute approximate surface area is 139 Å². The molecule has 5 rings (SSSR count). The first-order valence-electron chi connectivity index (χ1n) is 8.29. The van der Waals surface area contributed by atoms with Crippen molar-refractivity contribution < 1.29 is 4.79 Å². The fourth-order valence-electron chi connectivity index (χ4n) is 4.34. The molecule has 1 saturated heterocycles. The first-order valence-corrected chi connectivity index (χ1v) is 8.29. The van der Waals surface area contributed by atoms with Crippen LogP contribution in [0.1, 0.15) is 23.6 Å². The minimum atomic E-state index is -0.553. The molecule has 0 aliphatic carbocycles. The zero-order valence-corrected chi connectivity index (χ0v) is 13.1. The molecule has 2 N–H and O–H groups in total. The first kappa shape index (κ1) is 13.7. The van der Waals surface area contributed by atoms with Crippen LogP contribution in [0.5, 0.6) is 0 Å². The van der Waals surface area contributed by atoms with Crippen molar-refractivity contribution in [3.63, 3.8) is 0 Å². The van der Waals surface area contributed by atoms with E-state index in [-0.39, 0.29) is 11.9 Å². The van der Waals surface area contributed by atoms with Crippen molar-refractivity contribution in [2.45, 2.75) is 17.9 Å². The summed E-state index contributed by atoms with van der Waals surface area (Å²) in [6.45, 7) is 0.815. The van der Waals surface area contributed by atoms with E-state index in [0.717, 1.165) is 40.7 Å². The van der Waals surface area contributed by atoms with Gasteiger partial charge in [-0.3, -0.25) is 9.78 Å². The summed E-state index contributed by atoms with van der Waals surface area (Å²) in [5.41, 5.74) is 3.54. The average Bonchev–Trinajstić information content (AvgIpc) is 3.18. The Kier molecular flexibility index (Phi) is 2.79. The van der Waals surface area contributed by atoms with E-state index in [1.165, 1.54) is 0 Å². The van der Waals surface area contributed by atoms with Gasteiger partial charge in [0.2, 0.25) is 5.91 Å². The fraction of sp³-hybridized carbons (Fsp3) is 0.200. The molecular formula is C20H17N3O. The van der Waals surface area contributed by atoms with E-state index in [4.69, 9.17) is 0 Å². The van der Waals surface area contributed by atoms with Gasteiger partial charge in [-0.05, 0) is 36.2 Å². The molecular weight excluding hydrogens is 298 g/mol. The second-order valence-corrected chi connectivity index (χ2v) is 6.53. The van der Waals surface area contributed by atoms with E-state index < -0.39 is 5.41 Å². The molecule has 2 aliphatic rings. The van der Waals surface area contributed by atoms with E-state index >= 15 is 0 Å². The van der Waals surface area contributed by atoms with Crippen LogP contribution in [0.15, 0.2) is 60.8 Å². The lowest BCUT2D eigenvalue weighted by molar-refractivity contribution is -0.121. The third-order valence-corrected chi connectivity index (χ3v) is 5.40. The van der Waals surface area contributed by atoms with Crippen LogP contribution in [-0.2, 0) is 10.2 Å². The molecule has 2 atom stereocenters. The molecule has 1 aromatic heterocycles. The van der Waals surface area contributed by atoms with Crippen LogP contribution in [0.2, 0.25) is 0 Å². The summed E-state index contributed by atoms with van der Waals surface area (Å²) in [5, 5.41) is 7.75. The predicted octanol–water partition coefficient (Wildman–Crippen LogP) is 3.16. The average molecular weight is 315 g/mol. The van der Waals surface area contributed by atoms with Gasteiger partial charge in [0.25, 0.3) is 0 Å². The second kappa shape index (κ2) is 4.89. The Morgan fingerprint density at radius 2 is 1.92 bits per heavy atom. The number of anilines is 1. The lowest BCUT2D eigenvalue weighted by atomic mass is 9.72. The largest absolute Gasteiger partial charge is 0.325 e. The maximum Gasteiger partial charge on any atom is 0.237 e. The van der Waals surface area contributed by atoms with Gasteiger partial charge in [-0.2, -0.15) is 0 Å². The molecule has 4 heteroatoms. The van der Waals surface area contributed by atoms with Gasteiger partial charge in [-0.25, -0.2) is 0 Å². The molecule has 3 aromatic rings. The van der Waals surface area contributed by atoms with Crippen LogP contribution >= 0.6 is 0 Å². The third-order valence-electron chi connectivity index (χ3n) is 5.40. The Morgan fingerprint density at radius 3 is 2.88 bits per heavy atom. The highest BCUT2D eigenvalue weighted by Crippen LogP contribution is 2.51. The fourth-order valence-corrected chi connectivity index (χ4v) is 4.34. The summed E-state index contributed by atoms with van der Waals surface area (Å²) in [6, 6.07) is 18.2. The maximum absolute atomic E-state index is 13.0. The van der Waals surface area contributed by atoms with E-state index in [2.05, 4.69) is 39.9 Å². The quantitative estimate of drug-likeness (QED) is 0.725. The van der Waals surface area contributed by atoms with Crippen LogP contribution in [0.3, 0.4) is 0 Å². The highest BCUT2D eigenvalue weighted by Gasteiger charge is 2.55. The molecule has 1 spiro atoms. The standard InChI is InChI=1S/C20H17N3O/c24-19-20(15-8-1-2-9-16(15)23-19)10-12-22-18(20)14-7-3-5-13-6-4-11-21-17(13)14/h1-9,11,18,22H,10,12H2,(H,23,24)/t18-,20-/m1/s1. The number of rotatable bonds is 1. The van der Waals surface area contributed by atoms with E-state index in [1.54, 1.807) is 0 Å². The number of pyridine rings is 1. The summed E-state index contributed by atoms with van der Waals surface area (Å²) < 4.78 is 0. The molecule has 24 heavy (non-hydrogen) atoms. The van der Waals surface area contributed by atoms with Crippen molar-refractivity contribution in [2.75, 3.05) is 11.9 Å². The van der Waals surface area contributed by atoms with Gasteiger partial charge in [0.15, 0.2) is 0 Å². The summed E-state index contributed by atoms with van der Waals surface area (Å²) in [6.07, 6.45) is 2.61. The monoisotopic (exact) mass is 315 g/mol. The van der Waals surface area contributed by atoms with Crippen molar-refractivity contribution in [3.05, 3.63) is 71.9 Å². The molecule has 4 nitrogen and oxygen atoms in total. The minimum Gasteiger partial charge on any atom is -0.325 e. The van der Waals surface area contributed by atoms with Crippen molar-refractivity contribution in [2.24, 2.45) is 0 Å². The highest BCUT2D eigenvalue weighted by molar-refractivity contribution is 6.07. The lowest BCUT2D eigenvalue weighted by Gasteiger charge is -2.30. The molecule has 2 aromatic carbocycles. The molecule has 3 heterocycles. The minimum absolute atomic E-state index is 0.0697. The Balaban J connectivity index is 1.75. The highest BCUT2D eigenvalue weighted by atomic mass is 16.2. The van der Waals surface area contributed by atoms with Crippen molar-refractivity contribution in [3.8, 4) is 0 Å². The zero-order chi connectivity index (χ0) is 16.1. The SMILES string of the molecule is O=C1Nc2ccccc2[C@@]12CCN[C@@H]2c1cccc2cccnc12. The van der Waals surface area contributed by atoms with E-state index in [0.29, 0.717) is 0 Å². The molecule has 0 saturated carbocycles. The number of carbonyl (C=O) groups excluding carboxylic acids is 1. The van der Waals surface area contributed by atoms with E-state index in [1.807, 2.05) is 36.5 Å². The van der Waals surface area contributed by atoms with Gasteiger partial charge in [-0.15, -0.1) is 0 Å². The van der Waals surface area contributed by atoms with Gasteiger partial charge < -0.3 is 10.6 Å². The van der Waals surface area contributed by atoms with Crippen LogP contribution in [-0.4, -0.2) is 17.4 Å². The van der Waals surface area contributed by atoms with E-state index in [9.17, 15) is 4.79 Å². The zero-order valence-electron chi connectivity index (χ0n) is 13.1. The number of benzene rings is 2. The number of hydrogen-bond donors (Lipinski definition) is 2. The number of nitrogens with zero attached hydrogens (tertiary/aromatic N) is 1. The van der Waals surface area contributed by atoms with Gasteiger partial charge in [0, 0.05) is 17.3 Å². The molecule has 0 unspecified atom stereocenters. The third kappa shape index (κ3) is 1.66. The van der Waals surface area contributed by atoms with Gasteiger partial charge in [0.05, 0.1) is 17.0 Å². The molecule has 2 aliphatic heterocycles. The number of nitrogens with one attached hydrogen (secondary N) is 2. The van der Waals surface area contributed by atoms with Gasteiger partial charge >= 0.3 is 0 Å². The van der Waals surface area contributed by atoms with Crippen LogP contribution in [0.25, 0.3) is 10.9 Å². The molecule has 118 valence electrons. The second-order valence-electron chi connectivity index (χ2n) is 6.53. The summed E-state index contributed by atoms with van der Waals surface area (Å²) >= 11 is 0. The Morgan fingerprint density at radius 1 is 1.04 bits per heavy atom. The number of aromatic nitrogens is 1. The summed E-state index contributed by atoms with van der Waals surface area (Å²) in [5.74, 6) is 0.0895. The summed E-state index contributed by atoms with van der Waals surface area (Å²) in [4.78, 5) is 17.6. The number of carbonyl (C=O) groups is 1. The number of para-hydroxylation sites is 2. The maximum atomic E-state index is 13.0. The van der Waals surface area contributed by atoms with Crippen LogP contribution < -0.4 is 10.6 Å². The Hall–Kier alpha value is -2.72. The summed E-state index contributed by atoms with van der Waals surface area (Å²) in [7, 11) is 0. The number of hydrogen-bond acceptors (Lipinski definition) is 3. The van der Waals surface area contributed by atoms with Gasteiger partial charge in [0.1, 0.15) is 0 Å². The first-order chi connectivity index (χ1) is 11.8. The topological polar surface area (TPSA) is 54.0 Å². The normalized spacial score (nSPS) is 25.2. The number of amides is 1. The van der Waals surface area contributed by atoms with Crippen molar-refractivity contribution in [1.29, 1.82) is 0 Å². The molecule has 0 bridgehead atoms. The molecule has 0 radical (unpaired) electrons. The van der Waals surface area contributed by atoms with Crippen LogP contribution in [0, 0.1) is 0 Å². The number of fused-ring (bicyclic) bond motifs is 3. The molecule has 1 amide bonds. The van der Waals surface area contributed by atoms with Crippen molar-refractivity contribution >= 4 is 22.5 Å². The Bertz CT molecular complexity index is 963. The smallest absolute Gasteiger partial charge is 0.237 e. The van der Waals surface area contributed by atoms with Crippen LogP contribution in [0.4, 0.5) is 5.69 Å². The van der Waals surface area contributed by atoms with Crippen molar-refractivity contribution in [1.82, 2.24) is 10.3 Å². The van der Waals surface area contributed by atoms with Gasteiger partial charge in [-0.1, -0.05) is 42.5 Å². The molecule has 1 fully saturated rings. The lowest BCUT2D eigenvalue weighted by Crippen LogP contribution is -2.39. The predicted molar refractivity (Wildman–Crippen MR) is 93.9 cm³/mol.